The summed E-state index contributed by atoms with van der Waals surface area (Å²) in [6, 6.07) is 5.65. The van der Waals surface area contributed by atoms with Crippen LogP contribution in [0.4, 0.5) is 5.69 Å². The van der Waals surface area contributed by atoms with Crippen molar-refractivity contribution in [2.24, 2.45) is 5.73 Å². The van der Waals surface area contributed by atoms with Crippen LogP contribution >= 0.6 is 11.6 Å². The van der Waals surface area contributed by atoms with Gasteiger partial charge in [-0.05, 0) is 25.5 Å². The van der Waals surface area contributed by atoms with E-state index in [1.807, 2.05) is 12.1 Å². The Morgan fingerprint density at radius 1 is 1.41 bits per heavy atom. The number of rotatable bonds is 6. The van der Waals surface area contributed by atoms with E-state index in [0.717, 1.165) is 31.6 Å². The van der Waals surface area contributed by atoms with Crippen LogP contribution in [-0.2, 0) is 0 Å². The highest BCUT2D eigenvalue weighted by molar-refractivity contribution is 6.34. The quantitative estimate of drug-likeness (QED) is 0.604. The molecule has 4 heteroatoms. The maximum atomic E-state index is 7.63. The van der Waals surface area contributed by atoms with Crippen molar-refractivity contribution in [2.75, 3.05) is 18.0 Å². The molecule has 0 bridgehead atoms. The van der Waals surface area contributed by atoms with Gasteiger partial charge in [0.1, 0.15) is 5.84 Å². The first-order valence-electron chi connectivity index (χ1n) is 5.99. The number of nitrogen functional groups attached to an aromatic ring is 1. The molecule has 0 aliphatic heterocycles. The van der Waals surface area contributed by atoms with Crippen molar-refractivity contribution < 1.29 is 0 Å². The van der Waals surface area contributed by atoms with Crippen LogP contribution in [-0.4, -0.2) is 18.9 Å². The molecule has 3 N–H and O–H groups in total. The van der Waals surface area contributed by atoms with Crippen molar-refractivity contribution >= 4 is 23.1 Å². The maximum Gasteiger partial charge on any atom is 0.126 e. The van der Waals surface area contributed by atoms with Crippen LogP contribution < -0.4 is 10.6 Å². The Balaban J connectivity index is 3.09. The second kappa shape index (κ2) is 6.50. The molecule has 94 valence electrons. The lowest BCUT2D eigenvalue weighted by Crippen LogP contribution is -2.27. The van der Waals surface area contributed by atoms with Gasteiger partial charge in [0.25, 0.3) is 0 Å². The summed E-state index contributed by atoms with van der Waals surface area (Å²) in [5, 5.41) is 8.18. The molecular weight excluding hydrogens is 234 g/mol. The van der Waals surface area contributed by atoms with Crippen LogP contribution in [0.5, 0.6) is 0 Å². The predicted octanol–water partition coefficient (Wildman–Crippen LogP) is 3.25. The zero-order valence-corrected chi connectivity index (χ0v) is 11.2. The van der Waals surface area contributed by atoms with Gasteiger partial charge in [-0.2, -0.15) is 0 Å². The fourth-order valence-electron chi connectivity index (χ4n) is 1.84. The van der Waals surface area contributed by atoms with Gasteiger partial charge >= 0.3 is 0 Å². The number of unbranched alkanes of at least 4 members (excludes halogenated alkanes) is 1. The molecule has 0 saturated carbocycles. The van der Waals surface area contributed by atoms with E-state index in [2.05, 4.69) is 18.7 Å². The molecule has 0 unspecified atom stereocenters. The van der Waals surface area contributed by atoms with Gasteiger partial charge in [-0.25, -0.2) is 0 Å². The van der Waals surface area contributed by atoms with Crippen molar-refractivity contribution in [3.8, 4) is 0 Å². The standard InChI is InChI=1S/C13H20ClN3/c1-3-5-9-17(4-2)11-8-6-7-10(14)12(11)13(15)16/h6-8H,3-5,9H2,1-2H3,(H3,15,16). The fourth-order valence-corrected chi connectivity index (χ4v) is 2.11. The second-order valence-corrected chi connectivity index (χ2v) is 4.39. The van der Waals surface area contributed by atoms with Crippen molar-refractivity contribution in [1.82, 2.24) is 0 Å². The van der Waals surface area contributed by atoms with E-state index in [-0.39, 0.29) is 5.84 Å². The van der Waals surface area contributed by atoms with E-state index in [9.17, 15) is 0 Å². The summed E-state index contributed by atoms with van der Waals surface area (Å²) in [4.78, 5) is 2.21. The number of anilines is 1. The van der Waals surface area contributed by atoms with Crippen LogP contribution in [0.1, 0.15) is 32.3 Å². The van der Waals surface area contributed by atoms with Crippen LogP contribution in [0.3, 0.4) is 0 Å². The van der Waals surface area contributed by atoms with Crippen molar-refractivity contribution in [1.29, 1.82) is 5.41 Å². The van der Waals surface area contributed by atoms with Crippen LogP contribution in [0.25, 0.3) is 0 Å². The molecular formula is C13H20ClN3. The van der Waals surface area contributed by atoms with Crippen LogP contribution in [0.15, 0.2) is 18.2 Å². The van der Waals surface area contributed by atoms with Gasteiger partial charge in [0, 0.05) is 18.8 Å². The second-order valence-electron chi connectivity index (χ2n) is 3.98. The van der Waals surface area contributed by atoms with Gasteiger partial charge in [-0.1, -0.05) is 31.0 Å². The third-order valence-electron chi connectivity index (χ3n) is 2.76. The molecule has 0 aromatic heterocycles. The van der Waals surface area contributed by atoms with E-state index in [1.165, 1.54) is 0 Å². The summed E-state index contributed by atoms with van der Waals surface area (Å²) in [7, 11) is 0. The highest BCUT2D eigenvalue weighted by Crippen LogP contribution is 2.27. The van der Waals surface area contributed by atoms with Crippen LogP contribution in [0, 0.1) is 5.41 Å². The average Bonchev–Trinajstić information content (AvgIpc) is 2.29. The van der Waals surface area contributed by atoms with Gasteiger partial charge in [-0.3, -0.25) is 5.41 Å². The van der Waals surface area contributed by atoms with Crippen molar-refractivity contribution in [3.05, 3.63) is 28.8 Å². The first-order valence-corrected chi connectivity index (χ1v) is 6.37. The highest BCUT2D eigenvalue weighted by Gasteiger charge is 2.14. The molecule has 0 heterocycles. The van der Waals surface area contributed by atoms with Gasteiger partial charge in [-0.15, -0.1) is 0 Å². The third-order valence-corrected chi connectivity index (χ3v) is 3.08. The number of benzene rings is 1. The Morgan fingerprint density at radius 3 is 2.65 bits per heavy atom. The van der Waals surface area contributed by atoms with Crippen molar-refractivity contribution in [2.45, 2.75) is 26.7 Å². The highest BCUT2D eigenvalue weighted by atomic mass is 35.5. The molecule has 0 fully saturated rings. The first-order chi connectivity index (χ1) is 8.11. The summed E-state index contributed by atoms with van der Waals surface area (Å²) in [5.74, 6) is 0.0283. The smallest absolute Gasteiger partial charge is 0.126 e. The van der Waals surface area contributed by atoms with E-state index in [0.29, 0.717) is 10.6 Å². The lowest BCUT2D eigenvalue weighted by molar-refractivity contribution is 0.732. The third kappa shape index (κ3) is 3.37. The Bertz CT molecular complexity index is 390. The molecule has 0 amide bonds. The van der Waals surface area contributed by atoms with E-state index < -0.39 is 0 Å². The SMILES string of the molecule is CCCCN(CC)c1cccc(Cl)c1C(=N)N. The molecule has 0 radical (unpaired) electrons. The molecule has 17 heavy (non-hydrogen) atoms. The summed E-state index contributed by atoms with van der Waals surface area (Å²) in [6.45, 7) is 6.12. The number of nitrogens with one attached hydrogen (secondary N) is 1. The average molecular weight is 254 g/mol. The van der Waals surface area contributed by atoms with Gasteiger partial charge in [0.15, 0.2) is 0 Å². The fraction of sp³-hybridized carbons (Fsp3) is 0.462. The number of hydrogen-bond donors (Lipinski definition) is 2. The zero-order chi connectivity index (χ0) is 12.8. The lowest BCUT2D eigenvalue weighted by Gasteiger charge is -2.25. The Labute approximate surface area is 108 Å². The predicted molar refractivity (Wildman–Crippen MR) is 75.3 cm³/mol. The molecule has 1 aromatic carbocycles. The molecule has 0 saturated heterocycles. The van der Waals surface area contributed by atoms with E-state index >= 15 is 0 Å². The van der Waals surface area contributed by atoms with Crippen molar-refractivity contribution in [3.63, 3.8) is 0 Å². The number of amidine groups is 1. The summed E-state index contributed by atoms with van der Waals surface area (Å²) >= 11 is 6.11. The summed E-state index contributed by atoms with van der Waals surface area (Å²) in [5.41, 5.74) is 7.21. The normalized spacial score (nSPS) is 10.3. The Morgan fingerprint density at radius 2 is 2.12 bits per heavy atom. The molecule has 0 aliphatic rings. The molecule has 0 spiro atoms. The van der Waals surface area contributed by atoms with Gasteiger partial charge in [0.05, 0.1) is 10.6 Å². The van der Waals surface area contributed by atoms with E-state index in [1.54, 1.807) is 6.07 Å². The number of halogens is 1. The number of nitrogens with zero attached hydrogens (tertiary/aromatic N) is 1. The molecule has 1 rings (SSSR count). The van der Waals surface area contributed by atoms with Gasteiger partial charge < -0.3 is 10.6 Å². The monoisotopic (exact) mass is 253 g/mol. The summed E-state index contributed by atoms with van der Waals surface area (Å²) in [6.07, 6.45) is 2.27. The minimum Gasteiger partial charge on any atom is -0.384 e. The lowest BCUT2D eigenvalue weighted by atomic mass is 10.1. The molecule has 0 aliphatic carbocycles. The Kier molecular flexibility index (Phi) is 5.29. The Hall–Kier alpha value is -1.22. The minimum atomic E-state index is 0.0283. The summed E-state index contributed by atoms with van der Waals surface area (Å²) < 4.78 is 0. The maximum absolute atomic E-state index is 7.63. The largest absolute Gasteiger partial charge is 0.384 e. The molecule has 3 nitrogen and oxygen atoms in total. The van der Waals surface area contributed by atoms with Crippen LogP contribution in [0.2, 0.25) is 5.02 Å². The zero-order valence-electron chi connectivity index (χ0n) is 10.5. The minimum absolute atomic E-state index is 0.0283. The number of hydrogen-bond acceptors (Lipinski definition) is 2. The first kappa shape index (κ1) is 13.8. The topological polar surface area (TPSA) is 53.1 Å². The molecule has 0 atom stereocenters. The van der Waals surface area contributed by atoms with E-state index in [4.69, 9.17) is 22.7 Å². The van der Waals surface area contributed by atoms with Gasteiger partial charge in [0.2, 0.25) is 0 Å². The number of nitrogens with two attached hydrogens (primary N) is 1. The molecule has 1 aromatic rings.